The summed E-state index contributed by atoms with van der Waals surface area (Å²) in [4.78, 5) is 31.9. The lowest BCUT2D eigenvalue weighted by atomic mass is 10.1. The van der Waals surface area contributed by atoms with Gasteiger partial charge in [-0.25, -0.2) is 9.59 Å². The van der Waals surface area contributed by atoms with Crippen molar-refractivity contribution in [1.29, 1.82) is 0 Å². The number of benzene rings is 1. The summed E-state index contributed by atoms with van der Waals surface area (Å²) < 4.78 is 4.77. The number of hydrogen-bond acceptors (Lipinski definition) is 5. The third-order valence-corrected chi connectivity index (χ3v) is 4.39. The van der Waals surface area contributed by atoms with Crippen LogP contribution in [0.5, 0.6) is 0 Å². The predicted molar refractivity (Wildman–Crippen MR) is 98.0 cm³/mol. The fourth-order valence-electron chi connectivity index (χ4n) is 2.91. The normalized spacial score (nSPS) is 14.0. The van der Waals surface area contributed by atoms with Gasteiger partial charge in [0.25, 0.3) is 0 Å². The summed E-state index contributed by atoms with van der Waals surface area (Å²) in [6.45, 7) is 3.18. The van der Waals surface area contributed by atoms with Crippen molar-refractivity contribution in [3.05, 3.63) is 59.9 Å². The number of carbonyl (C=O) groups excluding carboxylic acids is 2. The first kappa shape index (κ1) is 17.7. The number of amides is 2. The maximum atomic E-state index is 12.3. The zero-order chi connectivity index (χ0) is 18.4. The summed E-state index contributed by atoms with van der Waals surface area (Å²) >= 11 is 0. The summed E-state index contributed by atoms with van der Waals surface area (Å²) in [5.41, 5.74) is 2.51. The fourth-order valence-corrected chi connectivity index (χ4v) is 2.91. The number of piperazine rings is 1. The van der Waals surface area contributed by atoms with Gasteiger partial charge in [0, 0.05) is 50.8 Å². The number of pyridine rings is 1. The van der Waals surface area contributed by atoms with Gasteiger partial charge < -0.3 is 19.9 Å². The van der Waals surface area contributed by atoms with Gasteiger partial charge in [0.05, 0.1) is 12.7 Å². The molecule has 2 amide bonds. The van der Waals surface area contributed by atoms with E-state index in [1.165, 1.54) is 7.11 Å². The smallest absolute Gasteiger partial charge is 0.337 e. The number of ether oxygens (including phenoxy) is 1. The highest BCUT2D eigenvalue weighted by atomic mass is 16.5. The Labute approximate surface area is 152 Å². The zero-order valence-electron chi connectivity index (χ0n) is 14.7. The second kappa shape index (κ2) is 8.33. The van der Waals surface area contributed by atoms with E-state index in [2.05, 4.69) is 15.2 Å². The van der Waals surface area contributed by atoms with E-state index in [0.29, 0.717) is 38.3 Å². The van der Waals surface area contributed by atoms with Gasteiger partial charge >= 0.3 is 12.0 Å². The van der Waals surface area contributed by atoms with Gasteiger partial charge in [0.2, 0.25) is 0 Å². The van der Waals surface area contributed by atoms with E-state index in [1.54, 1.807) is 18.5 Å². The molecule has 1 aliphatic rings. The lowest BCUT2D eigenvalue weighted by molar-refractivity contribution is 0.0600. The number of esters is 1. The van der Waals surface area contributed by atoms with Gasteiger partial charge in [-0.05, 0) is 35.9 Å². The third-order valence-electron chi connectivity index (χ3n) is 4.39. The van der Waals surface area contributed by atoms with Crippen LogP contribution >= 0.6 is 0 Å². The highest BCUT2D eigenvalue weighted by molar-refractivity contribution is 5.90. The second-order valence-electron chi connectivity index (χ2n) is 6.03. The van der Waals surface area contributed by atoms with Crippen LogP contribution in [0.25, 0.3) is 0 Å². The Kier molecular flexibility index (Phi) is 5.68. The monoisotopic (exact) mass is 354 g/mol. The SMILES string of the molecule is COC(=O)c1cccc(N2CCN(C(=O)NCc3ccncc3)CC2)c1. The lowest BCUT2D eigenvalue weighted by Crippen LogP contribution is -2.51. The maximum Gasteiger partial charge on any atom is 0.337 e. The minimum atomic E-state index is -0.346. The molecule has 26 heavy (non-hydrogen) atoms. The first-order valence-electron chi connectivity index (χ1n) is 8.52. The molecule has 0 aliphatic carbocycles. The van der Waals surface area contributed by atoms with Crippen molar-refractivity contribution < 1.29 is 14.3 Å². The maximum absolute atomic E-state index is 12.3. The molecule has 1 N–H and O–H groups in total. The number of anilines is 1. The molecule has 3 rings (SSSR count). The van der Waals surface area contributed by atoms with Crippen LogP contribution in [0.3, 0.4) is 0 Å². The molecule has 2 heterocycles. The Morgan fingerprint density at radius 1 is 1.12 bits per heavy atom. The van der Waals surface area contributed by atoms with Crippen LogP contribution in [0, 0.1) is 0 Å². The second-order valence-corrected chi connectivity index (χ2v) is 6.03. The standard InChI is InChI=1S/C19H22N4O3/c1-26-18(24)16-3-2-4-17(13-16)22-9-11-23(12-10-22)19(25)21-14-15-5-7-20-8-6-15/h2-8,13H,9-12,14H2,1H3,(H,21,25). The molecule has 136 valence electrons. The van der Waals surface area contributed by atoms with Gasteiger partial charge in [-0.15, -0.1) is 0 Å². The quantitative estimate of drug-likeness (QED) is 0.849. The Bertz CT molecular complexity index is 758. The highest BCUT2D eigenvalue weighted by Gasteiger charge is 2.21. The van der Waals surface area contributed by atoms with Crippen LogP contribution < -0.4 is 10.2 Å². The lowest BCUT2D eigenvalue weighted by Gasteiger charge is -2.36. The van der Waals surface area contributed by atoms with Crippen molar-refractivity contribution in [1.82, 2.24) is 15.2 Å². The minimum absolute atomic E-state index is 0.0650. The molecule has 7 heteroatoms. The Balaban J connectivity index is 1.52. The van der Waals surface area contributed by atoms with Crippen molar-refractivity contribution in [2.45, 2.75) is 6.54 Å². The molecule has 7 nitrogen and oxygen atoms in total. The molecule has 0 saturated carbocycles. The zero-order valence-corrected chi connectivity index (χ0v) is 14.7. The van der Waals surface area contributed by atoms with Crippen molar-refractivity contribution in [3.63, 3.8) is 0 Å². The summed E-state index contributed by atoms with van der Waals surface area (Å²) in [6.07, 6.45) is 3.42. The number of carbonyl (C=O) groups is 2. The molecular formula is C19H22N4O3. The van der Waals surface area contributed by atoms with E-state index in [9.17, 15) is 9.59 Å². The van der Waals surface area contributed by atoms with Crippen LogP contribution in [-0.2, 0) is 11.3 Å². The number of nitrogens with zero attached hydrogens (tertiary/aromatic N) is 3. The van der Waals surface area contributed by atoms with E-state index in [0.717, 1.165) is 11.3 Å². The number of aromatic nitrogens is 1. The molecular weight excluding hydrogens is 332 g/mol. The van der Waals surface area contributed by atoms with Crippen LogP contribution in [-0.4, -0.2) is 55.2 Å². The number of urea groups is 1. The fraction of sp³-hybridized carbons (Fsp3) is 0.316. The number of hydrogen-bond donors (Lipinski definition) is 1. The average molecular weight is 354 g/mol. The molecule has 0 radical (unpaired) electrons. The Morgan fingerprint density at radius 3 is 2.54 bits per heavy atom. The molecule has 1 aromatic heterocycles. The number of nitrogens with one attached hydrogen (secondary N) is 1. The molecule has 1 aromatic carbocycles. The van der Waals surface area contributed by atoms with Crippen LogP contribution in [0.15, 0.2) is 48.8 Å². The summed E-state index contributed by atoms with van der Waals surface area (Å²) in [6, 6.07) is 11.1. The number of methoxy groups -OCH3 is 1. The summed E-state index contributed by atoms with van der Waals surface area (Å²) in [5.74, 6) is -0.346. The Hall–Kier alpha value is -3.09. The molecule has 0 atom stereocenters. The predicted octanol–water partition coefficient (Wildman–Crippen LogP) is 1.90. The van der Waals surface area contributed by atoms with Gasteiger partial charge in [-0.3, -0.25) is 4.98 Å². The topological polar surface area (TPSA) is 74.8 Å². The van der Waals surface area contributed by atoms with Crippen molar-refractivity contribution >= 4 is 17.7 Å². The molecule has 1 fully saturated rings. The van der Waals surface area contributed by atoms with Gasteiger partial charge in [0.15, 0.2) is 0 Å². The molecule has 1 aliphatic heterocycles. The molecule has 2 aromatic rings. The minimum Gasteiger partial charge on any atom is -0.465 e. The summed E-state index contributed by atoms with van der Waals surface area (Å²) in [5, 5.41) is 2.93. The molecule has 0 spiro atoms. The van der Waals surface area contributed by atoms with E-state index >= 15 is 0 Å². The first-order chi connectivity index (χ1) is 12.7. The first-order valence-corrected chi connectivity index (χ1v) is 8.52. The number of rotatable bonds is 4. The third kappa shape index (κ3) is 4.30. The van der Waals surface area contributed by atoms with Gasteiger partial charge in [-0.2, -0.15) is 0 Å². The van der Waals surface area contributed by atoms with E-state index in [-0.39, 0.29) is 12.0 Å². The van der Waals surface area contributed by atoms with Gasteiger partial charge in [0.1, 0.15) is 0 Å². The Morgan fingerprint density at radius 2 is 1.85 bits per heavy atom. The highest BCUT2D eigenvalue weighted by Crippen LogP contribution is 2.18. The van der Waals surface area contributed by atoms with Crippen molar-refractivity contribution in [3.8, 4) is 0 Å². The largest absolute Gasteiger partial charge is 0.465 e. The van der Waals surface area contributed by atoms with Crippen LogP contribution in [0.4, 0.5) is 10.5 Å². The van der Waals surface area contributed by atoms with Crippen molar-refractivity contribution in [2.75, 3.05) is 38.2 Å². The van der Waals surface area contributed by atoms with Crippen LogP contribution in [0.2, 0.25) is 0 Å². The van der Waals surface area contributed by atoms with E-state index in [4.69, 9.17) is 4.74 Å². The molecule has 0 unspecified atom stereocenters. The molecule has 0 bridgehead atoms. The average Bonchev–Trinajstić information content (AvgIpc) is 2.72. The van der Waals surface area contributed by atoms with E-state index in [1.807, 2.05) is 35.2 Å². The van der Waals surface area contributed by atoms with E-state index < -0.39 is 0 Å². The summed E-state index contributed by atoms with van der Waals surface area (Å²) in [7, 11) is 1.37. The van der Waals surface area contributed by atoms with Crippen molar-refractivity contribution in [2.24, 2.45) is 0 Å². The van der Waals surface area contributed by atoms with Crippen LogP contribution in [0.1, 0.15) is 15.9 Å². The van der Waals surface area contributed by atoms with Gasteiger partial charge in [-0.1, -0.05) is 6.07 Å². The molecule has 1 saturated heterocycles.